The van der Waals surface area contributed by atoms with Gasteiger partial charge in [0, 0.05) is 19.7 Å². The lowest BCUT2D eigenvalue weighted by molar-refractivity contribution is 0.860. The van der Waals surface area contributed by atoms with Crippen molar-refractivity contribution in [1.29, 1.82) is 0 Å². The molecule has 0 amide bonds. The Morgan fingerprint density at radius 2 is 1.94 bits per heavy atom. The van der Waals surface area contributed by atoms with Gasteiger partial charge >= 0.3 is 0 Å². The fourth-order valence-electron chi connectivity index (χ4n) is 1.66. The molecule has 1 aromatic heterocycles. The largest absolute Gasteiger partial charge is 0.383 e. The molecular formula is C13H16N4S. The van der Waals surface area contributed by atoms with E-state index < -0.39 is 0 Å². The first kappa shape index (κ1) is 12.7. The summed E-state index contributed by atoms with van der Waals surface area (Å²) >= 11 is 1.49. The summed E-state index contributed by atoms with van der Waals surface area (Å²) in [6.45, 7) is 0.797. The van der Waals surface area contributed by atoms with Crippen molar-refractivity contribution < 1.29 is 0 Å². The number of aromatic nitrogens is 2. The van der Waals surface area contributed by atoms with E-state index in [0.29, 0.717) is 11.0 Å². The molecule has 0 atom stereocenters. The van der Waals surface area contributed by atoms with Crippen LogP contribution in [-0.4, -0.2) is 23.3 Å². The SMILES string of the molecule is CSc1nc(N)cc(N(C)Cc2ccccc2)n1. The molecule has 5 heteroatoms. The molecule has 2 rings (SSSR count). The van der Waals surface area contributed by atoms with Crippen LogP contribution in [0.5, 0.6) is 0 Å². The minimum atomic E-state index is 0.504. The maximum atomic E-state index is 5.78. The highest BCUT2D eigenvalue weighted by molar-refractivity contribution is 7.98. The number of nitrogen functional groups attached to an aromatic ring is 1. The lowest BCUT2D eigenvalue weighted by Gasteiger charge is -2.18. The van der Waals surface area contributed by atoms with Gasteiger partial charge in [-0.25, -0.2) is 9.97 Å². The van der Waals surface area contributed by atoms with Gasteiger partial charge in [-0.15, -0.1) is 0 Å². The Bertz CT molecular complexity index is 516. The predicted molar refractivity (Wildman–Crippen MR) is 76.8 cm³/mol. The molecule has 18 heavy (non-hydrogen) atoms. The summed E-state index contributed by atoms with van der Waals surface area (Å²) in [4.78, 5) is 10.7. The van der Waals surface area contributed by atoms with Crippen LogP contribution in [0, 0.1) is 0 Å². The van der Waals surface area contributed by atoms with Crippen LogP contribution >= 0.6 is 11.8 Å². The third kappa shape index (κ3) is 3.13. The first-order chi connectivity index (χ1) is 8.69. The Balaban J connectivity index is 2.18. The second-order valence-corrected chi connectivity index (χ2v) is 4.75. The van der Waals surface area contributed by atoms with Crippen LogP contribution < -0.4 is 10.6 Å². The normalized spacial score (nSPS) is 10.3. The maximum Gasteiger partial charge on any atom is 0.191 e. The summed E-state index contributed by atoms with van der Waals surface area (Å²) < 4.78 is 0. The van der Waals surface area contributed by atoms with Gasteiger partial charge in [0.05, 0.1) is 0 Å². The molecule has 1 aromatic carbocycles. The third-order valence-corrected chi connectivity index (χ3v) is 3.10. The van der Waals surface area contributed by atoms with Gasteiger partial charge in [0.15, 0.2) is 5.16 Å². The fraction of sp³-hybridized carbons (Fsp3) is 0.231. The second-order valence-electron chi connectivity index (χ2n) is 3.98. The van der Waals surface area contributed by atoms with Crippen LogP contribution in [0.15, 0.2) is 41.6 Å². The zero-order chi connectivity index (χ0) is 13.0. The van der Waals surface area contributed by atoms with Gasteiger partial charge in [-0.3, -0.25) is 0 Å². The van der Waals surface area contributed by atoms with Crippen molar-refractivity contribution in [2.75, 3.05) is 23.9 Å². The molecule has 0 aliphatic rings. The van der Waals surface area contributed by atoms with Crippen LogP contribution in [-0.2, 0) is 6.54 Å². The Labute approximate surface area is 111 Å². The highest BCUT2D eigenvalue weighted by Gasteiger charge is 2.07. The molecule has 0 aliphatic carbocycles. The molecule has 0 saturated heterocycles. The Kier molecular flexibility index (Phi) is 4.04. The first-order valence-electron chi connectivity index (χ1n) is 5.62. The van der Waals surface area contributed by atoms with Gasteiger partial charge in [0.2, 0.25) is 0 Å². The summed E-state index contributed by atoms with van der Waals surface area (Å²) in [5.41, 5.74) is 7.01. The van der Waals surface area contributed by atoms with E-state index in [4.69, 9.17) is 5.73 Å². The lowest BCUT2D eigenvalue weighted by atomic mass is 10.2. The summed E-state index contributed by atoms with van der Waals surface area (Å²) in [5, 5.41) is 0.699. The van der Waals surface area contributed by atoms with Gasteiger partial charge in [-0.1, -0.05) is 42.1 Å². The molecule has 2 aromatic rings. The van der Waals surface area contributed by atoms with E-state index in [-0.39, 0.29) is 0 Å². The van der Waals surface area contributed by atoms with Gasteiger partial charge in [-0.05, 0) is 11.8 Å². The quantitative estimate of drug-likeness (QED) is 0.676. The molecule has 4 nitrogen and oxygen atoms in total. The smallest absolute Gasteiger partial charge is 0.191 e. The monoisotopic (exact) mass is 260 g/mol. The number of hydrogen-bond acceptors (Lipinski definition) is 5. The van der Waals surface area contributed by atoms with Crippen LogP contribution in [0.3, 0.4) is 0 Å². The van der Waals surface area contributed by atoms with E-state index in [2.05, 4.69) is 27.0 Å². The van der Waals surface area contributed by atoms with Crippen molar-refractivity contribution in [2.45, 2.75) is 11.7 Å². The van der Waals surface area contributed by atoms with Gasteiger partial charge in [-0.2, -0.15) is 0 Å². The van der Waals surface area contributed by atoms with E-state index in [1.807, 2.05) is 31.5 Å². The standard InChI is InChI=1S/C13H16N4S/c1-17(9-10-6-4-3-5-7-10)12-8-11(14)15-13(16-12)18-2/h3-8H,9H2,1-2H3,(H2,14,15,16). The summed E-state index contributed by atoms with van der Waals surface area (Å²) in [6, 6.07) is 12.1. The van der Waals surface area contributed by atoms with E-state index >= 15 is 0 Å². The summed E-state index contributed by atoms with van der Waals surface area (Å²) in [6.07, 6.45) is 1.94. The Morgan fingerprint density at radius 3 is 2.61 bits per heavy atom. The van der Waals surface area contributed by atoms with E-state index in [1.165, 1.54) is 17.3 Å². The minimum absolute atomic E-state index is 0.504. The van der Waals surface area contributed by atoms with Crippen molar-refractivity contribution in [3.8, 4) is 0 Å². The number of benzene rings is 1. The van der Waals surface area contributed by atoms with E-state index in [1.54, 1.807) is 6.07 Å². The molecule has 0 aliphatic heterocycles. The summed E-state index contributed by atoms with van der Waals surface area (Å²) in [5.74, 6) is 1.35. The van der Waals surface area contributed by atoms with E-state index in [9.17, 15) is 0 Å². The van der Waals surface area contributed by atoms with Gasteiger partial charge < -0.3 is 10.6 Å². The Morgan fingerprint density at radius 1 is 1.22 bits per heavy atom. The minimum Gasteiger partial charge on any atom is -0.383 e. The molecule has 2 N–H and O–H groups in total. The maximum absolute atomic E-state index is 5.78. The average Bonchev–Trinajstić information content (AvgIpc) is 2.39. The summed E-state index contributed by atoms with van der Waals surface area (Å²) in [7, 11) is 2.00. The first-order valence-corrected chi connectivity index (χ1v) is 6.85. The van der Waals surface area contributed by atoms with Crippen LogP contribution in [0.1, 0.15) is 5.56 Å². The molecule has 1 heterocycles. The van der Waals surface area contributed by atoms with Crippen LogP contribution in [0.4, 0.5) is 11.6 Å². The number of thioether (sulfide) groups is 1. The molecule has 94 valence electrons. The fourth-order valence-corrected chi connectivity index (χ4v) is 2.04. The number of nitrogens with two attached hydrogens (primary N) is 1. The number of rotatable bonds is 4. The zero-order valence-corrected chi connectivity index (χ0v) is 11.3. The molecule has 0 saturated carbocycles. The van der Waals surface area contributed by atoms with Crippen LogP contribution in [0.25, 0.3) is 0 Å². The molecule has 0 bridgehead atoms. The highest BCUT2D eigenvalue weighted by Crippen LogP contribution is 2.19. The topological polar surface area (TPSA) is 55.0 Å². The Hall–Kier alpha value is -1.75. The van der Waals surface area contributed by atoms with Crippen molar-refractivity contribution in [3.05, 3.63) is 42.0 Å². The molecule has 0 unspecified atom stereocenters. The predicted octanol–water partition coefficient (Wildman–Crippen LogP) is 2.42. The number of anilines is 2. The van der Waals surface area contributed by atoms with E-state index in [0.717, 1.165) is 12.4 Å². The van der Waals surface area contributed by atoms with Gasteiger partial charge in [0.25, 0.3) is 0 Å². The highest BCUT2D eigenvalue weighted by atomic mass is 32.2. The number of nitrogens with zero attached hydrogens (tertiary/aromatic N) is 3. The van der Waals surface area contributed by atoms with Crippen molar-refractivity contribution in [1.82, 2.24) is 9.97 Å². The van der Waals surface area contributed by atoms with Crippen molar-refractivity contribution in [2.24, 2.45) is 0 Å². The third-order valence-electron chi connectivity index (χ3n) is 2.55. The molecule has 0 radical (unpaired) electrons. The van der Waals surface area contributed by atoms with Crippen molar-refractivity contribution in [3.63, 3.8) is 0 Å². The average molecular weight is 260 g/mol. The number of hydrogen-bond donors (Lipinski definition) is 1. The molecule has 0 fully saturated rings. The second kappa shape index (κ2) is 5.73. The van der Waals surface area contributed by atoms with Crippen molar-refractivity contribution >= 4 is 23.4 Å². The molecular weight excluding hydrogens is 244 g/mol. The van der Waals surface area contributed by atoms with Gasteiger partial charge in [0.1, 0.15) is 11.6 Å². The lowest BCUT2D eigenvalue weighted by Crippen LogP contribution is -2.18. The van der Waals surface area contributed by atoms with Crippen LogP contribution in [0.2, 0.25) is 0 Å². The zero-order valence-electron chi connectivity index (χ0n) is 10.5. The molecule has 0 spiro atoms.